The van der Waals surface area contributed by atoms with Crippen molar-refractivity contribution in [1.29, 1.82) is 5.26 Å². The Morgan fingerprint density at radius 2 is 1.65 bits per heavy atom. The number of benzene rings is 4. The number of piperazine rings is 1. The summed E-state index contributed by atoms with van der Waals surface area (Å²) in [4.78, 5) is 47.2. The lowest BCUT2D eigenvalue weighted by Crippen LogP contribution is -2.74. The van der Waals surface area contributed by atoms with Crippen LogP contribution >= 0.6 is 11.8 Å². The van der Waals surface area contributed by atoms with Gasteiger partial charge in [0.25, 0.3) is 0 Å². The minimum Gasteiger partial charge on any atom is -0.493 e. The van der Waals surface area contributed by atoms with Crippen LogP contribution in [0.2, 0.25) is 0 Å². The summed E-state index contributed by atoms with van der Waals surface area (Å²) in [6, 6.07) is 25.6. The van der Waals surface area contributed by atoms with Gasteiger partial charge in [0.15, 0.2) is 41.2 Å². The van der Waals surface area contributed by atoms with Gasteiger partial charge in [0.2, 0.25) is 6.79 Å². The van der Waals surface area contributed by atoms with Crippen LogP contribution in [0.3, 0.4) is 0 Å². The van der Waals surface area contributed by atoms with E-state index in [1.807, 2.05) is 79.5 Å². The Hall–Kier alpha value is -6.39. The third-order valence-corrected chi connectivity index (χ3v) is 16.1. The number of nitriles is 1. The number of alkyl carbamates (subject to hydrolysis) is 1. The molecule has 4 aliphatic heterocycles. The van der Waals surface area contributed by atoms with Crippen LogP contribution in [0.4, 0.5) is 4.79 Å². The maximum atomic E-state index is 14.8. The summed E-state index contributed by atoms with van der Waals surface area (Å²) in [5, 5.41) is 27.2. The van der Waals surface area contributed by atoms with Gasteiger partial charge in [-0.2, -0.15) is 17.0 Å². The predicted octanol–water partition coefficient (Wildman–Crippen LogP) is 6.48. The number of carbonyl (C=O) groups is 3. The van der Waals surface area contributed by atoms with Gasteiger partial charge in [-0.05, 0) is 66.3 Å². The molecule has 10 rings (SSSR count). The number of fused-ring (bicyclic) bond motifs is 11. The molecule has 72 heavy (non-hydrogen) atoms. The molecule has 1 amide bonds. The van der Waals surface area contributed by atoms with Gasteiger partial charge in [0.1, 0.15) is 25.3 Å². The van der Waals surface area contributed by atoms with E-state index in [0.29, 0.717) is 36.9 Å². The van der Waals surface area contributed by atoms with Gasteiger partial charge in [-0.15, -0.1) is 0 Å². The van der Waals surface area contributed by atoms with E-state index >= 15 is 0 Å². The highest BCUT2D eigenvalue weighted by Crippen LogP contribution is 2.57. The smallest absolute Gasteiger partial charge is 0.408 e. The van der Waals surface area contributed by atoms with Gasteiger partial charge in [-0.3, -0.25) is 14.6 Å². The van der Waals surface area contributed by atoms with E-state index in [0.717, 1.165) is 22.3 Å². The number of amides is 1. The summed E-state index contributed by atoms with van der Waals surface area (Å²) in [6.07, 6.45) is -0.521. The summed E-state index contributed by atoms with van der Waals surface area (Å²) >= 11 is 1.50. The van der Waals surface area contributed by atoms with Gasteiger partial charge < -0.3 is 48.3 Å². The first kappa shape index (κ1) is 49.2. The Labute approximate surface area is 422 Å². The lowest BCUT2D eigenvalue weighted by molar-refractivity contribution is -0.159. The standard InChI is InChI=1S/C55H58N4O12S/c1-31-21-34-22-41-43(24-56)59-42(47(58(41)3)45(34)50(48(31)65-5)69-29-66-20-19-64-4)23-55(63)46(51-49(70-30-71-51)32(2)52(55)60)44(59)26-67-53(61)40(57-54(62)68-25-33-13-7-6-8-14-33)28-72-27-39-37-17-11-9-15-35(37)36-16-10-12-18-38(36)39/h6-18,21,39-44,47,63H,19-20,22-23,25-30H2,1-5H3,(H,57,62)/t40-,41-,42?,43+,44+,47+,55?/m1/s1. The number of thioether (sulfide) groups is 1. The second-order valence-corrected chi connectivity index (χ2v) is 20.0. The Morgan fingerprint density at radius 3 is 2.36 bits per heavy atom. The number of aryl methyl sites for hydroxylation is 1. The van der Waals surface area contributed by atoms with Crippen molar-refractivity contribution in [2.24, 2.45) is 0 Å². The molecule has 0 aromatic heterocycles. The molecule has 16 nitrogen and oxygen atoms in total. The molecule has 2 unspecified atom stereocenters. The van der Waals surface area contributed by atoms with Gasteiger partial charge >= 0.3 is 12.1 Å². The molecule has 2 bridgehead atoms. The Balaban J connectivity index is 0.991. The molecule has 2 aliphatic carbocycles. The number of ketones is 1. The highest BCUT2D eigenvalue weighted by atomic mass is 32.2. The second kappa shape index (κ2) is 20.6. The van der Waals surface area contributed by atoms with E-state index in [-0.39, 0.29) is 60.9 Å². The Bertz CT molecular complexity index is 2820. The van der Waals surface area contributed by atoms with Crippen molar-refractivity contribution in [2.45, 2.75) is 81.1 Å². The number of likely N-dealkylation sites (N-methyl/N-ethyl adjacent to an activating group) is 1. The van der Waals surface area contributed by atoms with Crippen LogP contribution in [-0.2, 0) is 51.0 Å². The van der Waals surface area contributed by atoms with Crippen LogP contribution in [0, 0.1) is 18.3 Å². The highest BCUT2D eigenvalue weighted by molar-refractivity contribution is 7.99. The maximum Gasteiger partial charge on any atom is 0.408 e. The molecule has 3 saturated heterocycles. The van der Waals surface area contributed by atoms with E-state index in [9.17, 15) is 24.8 Å². The Morgan fingerprint density at radius 1 is 0.944 bits per heavy atom. The van der Waals surface area contributed by atoms with Crippen molar-refractivity contribution in [1.82, 2.24) is 15.1 Å². The van der Waals surface area contributed by atoms with E-state index in [4.69, 9.17) is 37.9 Å². The van der Waals surface area contributed by atoms with Crippen LogP contribution in [0.25, 0.3) is 11.1 Å². The molecule has 6 aliphatic rings. The summed E-state index contributed by atoms with van der Waals surface area (Å²) in [5.41, 5.74) is 6.20. The first-order chi connectivity index (χ1) is 35.0. The van der Waals surface area contributed by atoms with Crippen LogP contribution in [-0.4, -0.2) is 135 Å². The minimum atomic E-state index is -2.16. The number of rotatable bonds is 17. The topological polar surface area (TPSA) is 188 Å². The van der Waals surface area contributed by atoms with Crippen molar-refractivity contribution in [3.8, 4) is 28.7 Å². The quantitative estimate of drug-likeness (QED) is 0.0664. The van der Waals surface area contributed by atoms with Crippen LogP contribution in [0.1, 0.15) is 58.7 Å². The number of esters is 1. The molecule has 0 spiro atoms. The van der Waals surface area contributed by atoms with Crippen molar-refractivity contribution < 1.29 is 57.4 Å². The Kier molecular flexibility index (Phi) is 14.1. The zero-order chi connectivity index (χ0) is 50.3. The second-order valence-electron chi connectivity index (χ2n) is 18.9. The minimum absolute atomic E-state index is 0.0228. The average Bonchev–Trinajstić information content (AvgIpc) is 4.00. The lowest BCUT2D eigenvalue weighted by atomic mass is 9.65. The normalized spacial score (nSPS) is 24.3. The SMILES string of the molecule is COCCOCOc1c(OC)c(C)cc2c1[C@@H]1C3CC4(O)C(=O)C(C)=C5OCOC5=C4[C@H](COC(=O)[C@@H](CSCC4c5ccccc5-c5ccccc54)NC(=O)OCc4ccccc4)N3[C@@H](C#N)[C@@H](C2)N1C. The fourth-order valence-electron chi connectivity index (χ4n) is 11.8. The lowest BCUT2D eigenvalue weighted by Gasteiger charge is -2.62. The highest BCUT2D eigenvalue weighted by Gasteiger charge is 2.64. The fraction of sp³-hybridized carbons (Fsp3) is 0.418. The number of hydrogen-bond acceptors (Lipinski definition) is 16. The van der Waals surface area contributed by atoms with E-state index in [1.165, 1.54) is 34.0 Å². The molecule has 4 aromatic rings. The molecule has 3 fully saturated rings. The number of nitrogens with zero attached hydrogens (tertiary/aromatic N) is 3. The van der Waals surface area contributed by atoms with E-state index < -0.39 is 66.3 Å². The molecule has 4 aromatic carbocycles. The van der Waals surface area contributed by atoms with Gasteiger partial charge in [0, 0.05) is 59.7 Å². The van der Waals surface area contributed by atoms with Crippen molar-refractivity contribution >= 4 is 29.6 Å². The van der Waals surface area contributed by atoms with Gasteiger partial charge in [0.05, 0.1) is 38.5 Å². The number of ether oxygens (including phenoxy) is 8. The number of hydrogen-bond donors (Lipinski definition) is 2. The number of carbonyl (C=O) groups excluding carboxylic acids is 3. The third kappa shape index (κ3) is 8.67. The number of methoxy groups -OCH3 is 2. The summed E-state index contributed by atoms with van der Waals surface area (Å²) < 4.78 is 47.3. The van der Waals surface area contributed by atoms with Gasteiger partial charge in [-0.1, -0.05) is 84.9 Å². The zero-order valence-corrected chi connectivity index (χ0v) is 41.7. The molecule has 17 heteroatoms. The van der Waals surface area contributed by atoms with Crippen LogP contribution in [0.15, 0.2) is 108 Å². The zero-order valence-electron chi connectivity index (χ0n) is 40.9. The average molecular weight is 999 g/mol. The summed E-state index contributed by atoms with van der Waals surface area (Å²) in [6.45, 7) is 3.42. The summed E-state index contributed by atoms with van der Waals surface area (Å²) in [5.74, 6) is 0.747. The molecular formula is C55H58N4O12S. The molecule has 4 heterocycles. The molecule has 7 atom stereocenters. The fourth-order valence-corrected chi connectivity index (χ4v) is 13.0. The van der Waals surface area contributed by atoms with E-state index in [1.54, 1.807) is 21.1 Å². The molecule has 0 saturated carbocycles. The van der Waals surface area contributed by atoms with E-state index in [2.05, 4.69) is 40.6 Å². The monoisotopic (exact) mass is 998 g/mol. The van der Waals surface area contributed by atoms with Crippen LogP contribution < -0.4 is 14.8 Å². The number of Topliss-reactive ketones (excluding diaryl/α,β-unsaturated/α-hetero) is 1. The maximum absolute atomic E-state index is 14.8. The first-order valence-corrected chi connectivity index (χ1v) is 25.3. The summed E-state index contributed by atoms with van der Waals surface area (Å²) in [7, 11) is 5.09. The molecule has 376 valence electrons. The van der Waals surface area contributed by atoms with Gasteiger partial charge in [-0.25, -0.2) is 9.59 Å². The van der Waals surface area contributed by atoms with Crippen molar-refractivity contribution in [2.75, 3.05) is 66.2 Å². The van der Waals surface area contributed by atoms with Crippen molar-refractivity contribution in [3.63, 3.8) is 0 Å². The molecule has 0 radical (unpaired) electrons. The predicted molar refractivity (Wildman–Crippen MR) is 265 cm³/mol. The first-order valence-electron chi connectivity index (χ1n) is 24.2. The number of nitrogens with one attached hydrogen (secondary N) is 1. The molecule has 2 N–H and O–H groups in total. The number of aliphatic hydroxyl groups is 1. The van der Waals surface area contributed by atoms with Crippen molar-refractivity contribution in [3.05, 3.63) is 141 Å². The third-order valence-electron chi connectivity index (χ3n) is 15.0. The largest absolute Gasteiger partial charge is 0.493 e. The van der Waals surface area contributed by atoms with Crippen LogP contribution in [0.5, 0.6) is 11.5 Å². The molecular weight excluding hydrogens is 941 g/mol. The number of piperidine rings is 1.